The highest BCUT2D eigenvalue weighted by atomic mass is 35.5. The van der Waals surface area contributed by atoms with Gasteiger partial charge in [0.25, 0.3) is 0 Å². The molecule has 0 unspecified atom stereocenters. The van der Waals surface area contributed by atoms with E-state index in [9.17, 15) is 18.3 Å². The van der Waals surface area contributed by atoms with Crippen molar-refractivity contribution in [2.24, 2.45) is 11.7 Å². The highest BCUT2D eigenvalue weighted by Gasteiger charge is 2.32. The van der Waals surface area contributed by atoms with Crippen molar-refractivity contribution >= 4 is 11.6 Å². The summed E-state index contributed by atoms with van der Waals surface area (Å²) < 4.78 is 39.9. The molecule has 0 aromatic heterocycles. The maximum atomic E-state index is 12.1. The fraction of sp³-hybridized carbons (Fsp3) is 0.500. The quantitative estimate of drug-likeness (QED) is 0.897. The number of alkyl halides is 3. The zero-order chi connectivity index (χ0) is 14.8. The normalized spacial score (nSPS) is 15.4. The monoisotopic (exact) mass is 297 g/mol. The summed E-state index contributed by atoms with van der Waals surface area (Å²) in [5, 5.41) is 9.61. The topological polar surface area (TPSA) is 55.5 Å². The lowest BCUT2D eigenvalue weighted by Gasteiger charge is -2.23. The van der Waals surface area contributed by atoms with Crippen molar-refractivity contribution in [1.82, 2.24) is 0 Å². The Balaban J connectivity index is 2.94. The summed E-state index contributed by atoms with van der Waals surface area (Å²) in [6.07, 6.45) is -5.62. The maximum absolute atomic E-state index is 12.1. The lowest BCUT2D eigenvalue weighted by molar-refractivity contribution is -0.274. The summed E-state index contributed by atoms with van der Waals surface area (Å²) in [6, 6.07) is 2.97. The van der Waals surface area contributed by atoms with Crippen LogP contribution in [0.2, 0.25) is 5.02 Å². The molecule has 0 aliphatic rings. The van der Waals surface area contributed by atoms with E-state index >= 15 is 0 Å². The van der Waals surface area contributed by atoms with Gasteiger partial charge in [0.1, 0.15) is 5.75 Å². The zero-order valence-electron chi connectivity index (χ0n) is 10.4. The standard InChI is InChI=1S/C12H15ClF3NO2/c1-6(2)11(18)10(17)7-3-4-9(8(13)5-7)19-12(14,15)16/h3-6,10-11,18H,17H2,1-2H3/t10-,11+/m1/s1. The molecule has 0 radical (unpaired) electrons. The summed E-state index contributed by atoms with van der Waals surface area (Å²) in [6.45, 7) is 3.57. The average Bonchev–Trinajstić information content (AvgIpc) is 2.28. The van der Waals surface area contributed by atoms with Gasteiger partial charge >= 0.3 is 6.36 Å². The third-order valence-corrected chi connectivity index (χ3v) is 2.91. The Morgan fingerprint density at radius 1 is 1.32 bits per heavy atom. The molecular formula is C12H15ClF3NO2. The molecule has 0 saturated heterocycles. The highest BCUT2D eigenvalue weighted by Crippen LogP contribution is 2.32. The van der Waals surface area contributed by atoms with Gasteiger partial charge in [-0.2, -0.15) is 0 Å². The molecule has 3 N–H and O–H groups in total. The van der Waals surface area contributed by atoms with Crippen LogP contribution in [0.3, 0.4) is 0 Å². The van der Waals surface area contributed by atoms with Crippen molar-refractivity contribution in [3.8, 4) is 5.75 Å². The second-order valence-corrected chi connectivity index (χ2v) is 4.91. The second kappa shape index (κ2) is 5.98. The van der Waals surface area contributed by atoms with Crippen molar-refractivity contribution in [2.75, 3.05) is 0 Å². The van der Waals surface area contributed by atoms with E-state index in [2.05, 4.69) is 4.74 Å². The molecule has 1 aromatic carbocycles. The molecule has 0 fully saturated rings. The van der Waals surface area contributed by atoms with Crippen molar-refractivity contribution < 1.29 is 23.0 Å². The van der Waals surface area contributed by atoms with Crippen molar-refractivity contribution in [2.45, 2.75) is 32.4 Å². The zero-order valence-corrected chi connectivity index (χ0v) is 11.2. The van der Waals surface area contributed by atoms with Crippen LogP contribution >= 0.6 is 11.6 Å². The summed E-state index contributed by atoms with van der Waals surface area (Å²) >= 11 is 5.70. The SMILES string of the molecule is CC(C)[C@H](O)[C@H](N)c1ccc(OC(F)(F)F)c(Cl)c1. The molecule has 0 aliphatic carbocycles. The van der Waals surface area contributed by atoms with Gasteiger partial charge in [-0.3, -0.25) is 0 Å². The van der Waals surface area contributed by atoms with Crippen LogP contribution in [-0.4, -0.2) is 17.6 Å². The number of ether oxygens (including phenoxy) is 1. The molecular weight excluding hydrogens is 283 g/mol. The Kier molecular flexibility index (Phi) is 5.06. The van der Waals surface area contributed by atoms with E-state index in [0.717, 1.165) is 6.07 Å². The van der Waals surface area contributed by atoms with Crippen molar-refractivity contribution in [3.63, 3.8) is 0 Å². The van der Waals surface area contributed by atoms with Crippen LogP contribution in [0.5, 0.6) is 5.75 Å². The largest absolute Gasteiger partial charge is 0.573 e. The van der Waals surface area contributed by atoms with Crippen LogP contribution in [0.15, 0.2) is 18.2 Å². The first-order chi connectivity index (χ1) is 8.61. The molecule has 0 bridgehead atoms. The predicted molar refractivity (Wildman–Crippen MR) is 65.9 cm³/mol. The fourth-order valence-electron chi connectivity index (χ4n) is 1.54. The van der Waals surface area contributed by atoms with Gasteiger partial charge in [-0.25, -0.2) is 0 Å². The Hall–Kier alpha value is -0.980. The van der Waals surface area contributed by atoms with Gasteiger partial charge in [0.2, 0.25) is 0 Å². The number of aliphatic hydroxyl groups is 1. The van der Waals surface area contributed by atoms with Crippen molar-refractivity contribution in [1.29, 1.82) is 0 Å². The molecule has 0 spiro atoms. The van der Waals surface area contributed by atoms with Gasteiger partial charge in [-0.1, -0.05) is 31.5 Å². The van der Waals surface area contributed by atoms with Gasteiger partial charge in [0.15, 0.2) is 0 Å². The first-order valence-electron chi connectivity index (χ1n) is 5.60. The van der Waals surface area contributed by atoms with Crippen LogP contribution in [0.1, 0.15) is 25.5 Å². The Morgan fingerprint density at radius 2 is 1.89 bits per heavy atom. The molecule has 1 aromatic rings. The van der Waals surface area contributed by atoms with Crippen LogP contribution in [-0.2, 0) is 0 Å². The minimum absolute atomic E-state index is 0.0834. The number of hydrogen-bond acceptors (Lipinski definition) is 3. The Labute approximate surface area is 114 Å². The molecule has 2 atom stereocenters. The lowest BCUT2D eigenvalue weighted by atomic mass is 9.94. The number of benzene rings is 1. The van der Waals surface area contributed by atoms with E-state index in [1.165, 1.54) is 12.1 Å². The molecule has 1 rings (SSSR count). The first-order valence-corrected chi connectivity index (χ1v) is 5.98. The summed E-state index contributed by atoms with van der Waals surface area (Å²) in [5.74, 6) is -0.580. The fourth-order valence-corrected chi connectivity index (χ4v) is 1.77. The number of nitrogens with two attached hydrogens (primary N) is 1. The van der Waals surface area contributed by atoms with Gasteiger partial charge < -0.3 is 15.6 Å². The summed E-state index contributed by atoms with van der Waals surface area (Å²) in [4.78, 5) is 0. The van der Waals surface area contributed by atoms with Crippen LogP contribution in [0, 0.1) is 5.92 Å². The molecule has 0 heterocycles. The van der Waals surface area contributed by atoms with Crippen molar-refractivity contribution in [3.05, 3.63) is 28.8 Å². The highest BCUT2D eigenvalue weighted by molar-refractivity contribution is 6.32. The minimum Gasteiger partial charge on any atom is -0.404 e. The molecule has 0 aliphatic heterocycles. The summed E-state index contributed by atoms with van der Waals surface area (Å²) in [5.41, 5.74) is 6.26. The van der Waals surface area contributed by atoms with E-state index in [0.29, 0.717) is 5.56 Å². The van der Waals surface area contributed by atoms with E-state index in [4.69, 9.17) is 17.3 Å². The molecule has 19 heavy (non-hydrogen) atoms. The van der Waals surface area contributed by atoms with Gasteiger partial charge in [0, 0.05) is 0 Å². The first kappa shape index (κ1) is 16.1. The maximum Gasteiger partial charge on any atom is 0.573 e. The third-order valence-electron chi connectivity index (χ3n) is 2.62. The van der Waals surface area contributed by atoms with E-state index in [-0.39, 0.29) is 10.9 Å². The smallest absolute Gasteiger partial charge is 0.404 e. The summed E-state index contributed by atoms with van der Waals surface area (Å²) in [7, 11) is 0. The lowest BCUT2D eigenvalue weighted by Crippen LogP contribution is -2.30. The Bertz CT molecular complexity index is 437. The molecule has 3 nitrogen and oxygen atoms in total. The molecule has 108 valence electrons. The number of rotatable bonds is 4. The van der Waals surface area contributed by atoms with Gasteiger partial charge in [0.05, 0.1) is 17.2 Å². The number of hydrogen-bond donors (Lipinski definition) is 2. The van der Waals surface area contributed by atoms with Crippen LogP contribution < -0.4 is 10.5 Å². The second-order valence-electron chi connectivity index (χ2n) is 4.50. The molecule has 0 saturated carbocycles. The van der Waals surface area contributed by atoms with Crippen LogP contribution in [0.25, 0.3) is 0 Å². The number of aliphatic hydroxyl groups excluding tert-OH is 1. The van der Waals surface area contributed by atoms with E-state index in [1.54, 1.807) is 13.8 Å². The van der Waals surface area contributed by atoms with Crippen LogP contribution in [0.4, 0.5) is 13.2 Å². The molecule has 0 amide bonds. The van der Waals surface area contributed by atoms with Gasteiger partial charge in [-0.15, -0.1) is 13.2 Å². The third kappa shape index (κ3) is 4.56. The van der Waals surface area contributed by atoms with Gasteiger partial charge in [-0.05, 0) is 23.6 Å². The molecule has 7 heteroatoms. The Morgan fingerprint density at radius 3 is 2.32 bits per heavy atom. The van der Waals surface area contributed by atoms with E-state index < -0.39 is 24.3 Å². The van der Waals surface area contributed by atoms with E-state index in [1.807, 2.05) is 0 Å². The number of halogens is 4. The average molecular weight is 298 g/mol. The predicted octanol–water partition coefficient (Wildman–Crippen LogP) is 3.26. The minimum atomic E-state index is -4.80.